The van der Waals surface area contributed by atoms with E-state index in [2.05, 4.69) is 0 Å². The van der Waals surface area contributed by atoms with Crippen LogP contribution in [0.5, 0.6) is 5.75 Å². The molecule has 0 spiro atoms. The van der Waals surface area contributed by atoms with Crippen molar-refractivity contribution in [2.75, 3.05) is 21.2 Å². The van der Waals surface area contributed by atoms with Gasteiger partial charge in [-0.2, -0.15) is 0 Å². The minimum atomic E-state index is -0.364. The molecule has 106 valence electrons. The number of hydrogen-bond acceptors (Lipinski definition) is 5. The lowest BCUT2D eigenvalue weighted by Crippen LogP contribution is -2.16. The van der Waals surface area contributed by atoms with Crippen molar-refractivity contribution >= 4 is 39.3 Å². The predicted molar refractivity (Wildman–Crippen MR) is 86.6 cm³/mol. The van der Waals surface area contributed by atoms with Gasteiger partial charge < -0.3 is 14.1 Å². The first-order valence-corrected chi connectivity index (χ1v) is 7.35. The zero-order valence-electron chi connectivity index (χ0n) is 11.5. The summed E-state index contributed by atoms with van der Waals surface area (Å²) >= 11 is 6.76. The number of fused-ring (bicyclic) bond motifs is 1. The summed E-state index contributed by atoms with van der Waals surface area (Å²) in [6, 6.07) is 6.97. The molecular formula is C14H15NO3S2. The predicted octanol–water partition coefficient (Wildman–Crippen LogP) is 2.88. The molecule has 0 bridgehead atoms. The van der Waals surface area contributed by atoms with Crippen molar-refractivity contribution in [3.05, 3.63) is 40.2 Å². The number of hydrogen-bond donors (Lipinski definition) is 0. The molecule has 2 rings (SSSR count). The molecule has 1 heterocycles. The molecule has 6 heteroatoms. The molecule has 2 aromatic rings. The fourth-order valence-corrected chi connectivity index (χ4v) is 2.68. The van der Waals surface area contributed by atoms with Crippen LogP contribution in [0.4, 0.5) is 0 Å². The number of rotatable bonds is 3. The summed E-state index contributed by atoms with van der Waals surface area (Å²) in [5, 5.41) is 0.902. The van der Waals surface area contributed by atoms with Crippen molar-refractivity contribution in [2.45, 2.75) is 5.75 Å². The van der Waals surface area contributed by atoms with Gasteiger partial charge in [-0.05, 0) is 17.7 Å². The van der Waals surface area contributed by atoms with E-state index in [-0.39, 0.29) is 5.63 Å². The van der Waals surface area contributed by atoms with Gasteiger partial charge in [0.15, 0.2) is 0 Å². The number of thiocarbonyl (C=S) groups is 1. The standard InChI is InChI=1S/C14H15NO3S2/c1-15(2)14(19)20-8-9-6-13(16)18-12-7-10(17-3)4-5-11(9)12/h4-7H,8H2,1-3H3. The van der Waals surface area contributed by atoms with E-state index < -0.39 is 0 Å². The van der Waals surface area contributed by atoms with Crippen molar-refractivity contribution in [1.29, 1.82) is 0 Å². The highest BCUT2D eigenvalue weighted by molar-refractivity contribution is 8.22. The lowest BCUT2D eigenvalue weighted by molar-refractivity contribution is 0.414. The van der Waals surface area contributed by atoms with E-state index in [0.29, 0.717) is 17.1 Å². The van der Waals surface area contributed by atoms with Crippen LogP contribution >= 0.6 is 24.0 Å². The summed E-state index contributed by atoms with van der Waals surface area (Å²) in [7, 11) is 5.38. The van der Waals surface area contributed by atoms with Crippen LogP contribution in [0.2, 0.25) is 0 Å². The van der Waals surface area contributed by atoms with Gasteiger partial charge in [0.2, 0.25) is 0 Å². The second-order valence-electron chi connectivity index (χ2n) is 4.40. The number of methoxy groups -OCH3 is 1. The zero-order valence-corrected chi connectivity index (χ0v) is 13.1. The number of thioether (sulfide) groups is 1. The molecule has 0 radical (unpaired) electrons. The van der Waals surface area contributed by atoms with E-state index in [1.54, 1.807) is 13.2 Å². The molecule has 0 aliphatic carbocycles. The first-order valence-electron chi connectivity index (χ1n) is 5.96. The third kappa shape index (κ3) is 3.32. The van der Waals surface area contributed by atoms with Crippen molar-refractivity contribution < 1.29 is 9.15 Å². The highest BCUT2D eigenvalue weighted by Crippen LogP contribution is 2.25. The third-order valence-electron chi connectivity index (χ3n) is 2.75. The maximum atomic E-state index is 11.6. The first-order chi connectivity index (χ1) is 9.51. The molecule has 1 aromatic heterocycles. The Balaban J connectivity index is 2.37. The van der Waals surface area contributed by atoms with Gasteiger partial charge in [-0.3, -0.25) is 0 Å². The highest BCUT2D eigenvalue weighted by atomic mass is 32.2. The largest absolute Gasteiger partial charge is 0.497 e. The SMILES string of the molecule is COc1ccc2c(CSC(=S)N(C)C)cc(=O)oc2c1. The van der Waals surface area contributed by atoms with E-state index in [0.717, 1.165) is 15.3 Å². The summed E-state index contributed by atoms with van der Waals surface area (Å²) in [6.07, 6.45) is 0. The number of nitrogens with zero attached hydrogens (tertiary/aromatic N) is 1. The molecule has 0 aliphatic heterocycles. The molecule has 0 aliphatic rings. The monoisotopic (exact) mass is 309 g/mol. The fraction of sp³-hybridized carbons (Fsp3) is 0.286. The summed E-state index contributed by atoms with van der Waals surface area (Å²) in [4.78, 5) is 13.5. The molecule has 0 saturated heterocycles. The van der Waals surface area contributed by atoms with Crippen LogP contribution in [0.25, 0.3) is 11.0 Å². The van der Waals surface area contributed by atoms with Crippen LogP contribution in [0, 0.1) is 0 Å². The van der Waals surface area contributed by atoms with Gasteiger partial charge in [0.25, 0.3) is 0 Å². The van der Waals surface area contributed by atoms with Crippen LogP contribution < -0.4 is 10.4 Å². The maximum Gasteiger partial charge on any atom is 0.336 e. The van der Waals surface area contributed by atoms with E-state index in [4.69, 9.17) is 21.4 Å². The first kappa shape index (κ1) is 14.9. The topological polar surface area (TPSA) is 42.7 Å². The molecule has 4 nitrogen and oxygen atoms in total. The Labute approximate surface area is 126 Å². The molecule has 0 unspecified atom stereocenters. The van der Waals surface area contributed by atoms with E-state index >= 15 is 0 Å². The van der Waals surface area contributed by atoms with E-state index in [1.807, 2.05) is 31.1 Å². The Morgan fingerprint density at radius 2 is 2.15 bits per heavy atom. The Hall–Kier alpha value is -1.53. The number of benzene rings is 1. The number of ether oxygens (including phenoxy) is 1. The molecule has 0 atom stereocenters. The molecule has 1 aromatic carbocycles. The van der Waals surface area contributed by atoms with Crippen molar-refractivity contribution in [3.63, 3.8) is 0 Å². The normalized spacial score (nSPS) is 10.6. The van der Waals surface area contributed by atoms with Crippen LogP contribution in [-0.4, -0.2) is 30.4 Å². The van der Waals surface area contributed by atoms with Crippen LogP contribution in [0.15, 0.2) is 33.5 Å². The minimum Gasteiger partial charge on any atom is -0.497 e. The van der Waals surface area contributed by atoms with Crippen LogP contribution in [-0.2, 0) is 5.75 Å². The van der Waals surface area contributed by atoms with Crippen molar-refractivity contribution in [1.82, 2.24) is 4.90 Å². The fourth-order valence-electron chi connectivity index (χ4n) is 1.73. The second kappa shape index (κ2) is 6.28. The van der Waals surface area contributed by atoms with Gasteiger partial charge in [-0.15, -0.1) is 0 Å². The lowest BCUT2D eigenvalue weighted by Gasteiger charge is -2.13. The molecule has 0 amide bonds. The Bertz CT molecular complexity index is 694. The summed E-state index contributed by atoms with van der Waals surface area (Å²) in [6.45, 7) is 0. The van der Waals surface area contributed by atoms with Gasteiger partial charge in [0, 0.05) is 37.4 Å². The summed E-state index contributed by atoms with van der Waals surface area (Å²) < 4.78 is 11.1. The lowest BCUT2D eigenvalue weighted by atomic mass is 10.1. The van der Waals surface area contributed by atoms with Gasteiger partial charge >= 0.3 is 5.63 Å². The third-order valence-corrected chi connectivity index (χ3v) is 4.54. The van der Waals surface area contributed by atoms with Gasteiger partial charge in [0.1, 0.15) is 15.7 Å². The maximum absolute atomic E-state index is 11.6. The Morgan fingerprint density at radius 1 is 1.40 bits per heavy atom. The molecule has 0 N–H and O–H groups in total. The Morgan fingerprint density at radius 3 is 2.80 bits per heavy atom. The minimum absolute atomic E-state index is 0.364. The highest BCUT2D eigenvalue weighted by Gasteiger charge is 2.09. The molecule has 0 fully saturated rings. The van der Waals surface area contributed by atoms with Gasteiger partial charge in [-0.25, -0.2) is 4.79 Å². The van der Waals surface area contributed by atoms with E-state index in [9.17, 15) is 4.79 Å². The second-order valence-corrected chi connectivity index (χ2v) is 6.01. The van der Waals surface area contributed by atoms with Crippen molar-refractivity contribution in [2.24, 2.45) is 0 Å². The zero-order chi connectivity index (χ0) is 14.7. The van der Waals surface area contributed by atoms with Gasteiger partial charge in [0.05, 0.1) is 7.11 Å². The Kier molecular flexibility index (Phi) is 4.67. The molecular weight excluding hydrogens is 294 g/mol. The summed E-state index contributed by atoms with van der Waals surface area (Å²) in [5.41, 5.74) is 1.08. The van der Waals surface area contributed by atoms with Gasteiger partial charge in [-0.1, -0.05) is 24.0 Å². The summed E-state index contributed by atoms with van der Waals surface area (Å²) in [5.74, 6) is 1.29. The molecule has 0 saturated carbocycles. The smallest absolute Gasteiger partial charge is 0.336 e. The van der Waals surface area contributed by atoms with E-state index in [1.165, 1.54) is 17.8 Å². The van der Waals surface area contributed by atoms with Crippen molar-refractivity contribution in [3.8, 4) is 5.75 Å². The van der Waals surface area contributed by atoms with Crippen LogP contribution in [0.3, 0.4) is 0 Å². The average molecular weight is 309 g/mol. The average Bonchev–Trinajstić information content (AvgIpc) is 2.43. The molecule has 20 heavy (non-hydrogen) atoms. The quantitative estimate of drug-likeness (QED) is 0.641. The van der Waals surface area contributed by atoms with Crippen LogP contribution in [0.1, 0.15) is 5.56 Å².